The van der Waals surface area contributed by atoms with Crippen LogP contribution in [0.4, 0.5) is 0 Å². The zero-order valence-electron chi connectivity index (χ0n) is 23.5. The topological polar surface area (TPSA) is 100 Å². The summed E-state index contributed by atoms with van der Waals surface area (Å²) in [5, 5.41) is 14.3. The molecule has 2 aromatic rings. The third-order valence-corrected chi connectivity index (χ3v) is 11.3. The second-order valence-electron chi connectivity index (χ2n) is 11.5. The van der Waals surface area contributed by atoms with E-state index in [2.05, 4.69) is 14.6 Å². The number of nitrogens with zero attached hydrogens (tertiary/aromatic N) is 1. The molecule has 1 aliphatic carbocycles. The first-order valence-corrected chi connectivity index (χ1v) is 17.0. The number of halogens is 1. The third kappa shape index (κ3) is 7.04. The molecule has 10 heteroatoms. The molecule has 1 saturated heterocycles. The van der Waals surface area contributed by atoms with E-state index in [1.54, 1.807) is 32.9 Å². The number of carbonyl (C=O) groups is 1. The molecular formula is C29H42ClN3O4S2. The number of sulfonamides is 1. The van der Waals surface area contributed by atoms with Gasteiger partial charge in [0.25, 0.3) is 5.91 Å². The van der Waals surface area contributed by atoms with Crippen molar-refractivity contribution in [3.63, 3.8) is 0 Å². The number of nitrogens with one attached hydrogen (secondary N) is 2. The predicted molar refractivity (Wildman–Crippen MR) is 160 cm³/mol. The van der Waals surface area contributed by atoms with Gasteiger partial charge in [-0.1, -0.05) is 36.9 Å². The maximum atomic E-state index is 13.4. The van der Waals surface area contributed by atoms with E-state index < -0.39 is 15.6 Å². The van der Waals surface area contributed by atoms with Crippen LogP contribution in [0.15, 0.2) is 23.1 Å². The SMILES string of the molecule is Cc1c(S(=O)(=O)NC(C)C)ccc(-c2cc(C(=O)NCC3(O)CCSCC3)c(C)n2CC2CCCCC2)c1Cl. The van der Waals surface area contributed by atoms with Gasteiger partial charge in [0.2, 0.25) is 10.0 Å². The van der Waals surface area contributed by atoms with Gasteiger partial charge in [-0.2, -0.15) is 11.8 Å². The maximum absolute atomic E-state index is 13.4. The number of hydrogen-bond donors (Lipinski definition) is 3. The molecule has 0 bridgehead atoms. The maximum Gasteiger partial charge on any atom is 0.253 e. The largest absolute Gasteiger partial charge is 0.388 e. The summed E-state index contributed by atoms with van der Waals surface area (Å²) >= 11 is 8.70. The van der Waals surface area contributed by atoms with Crippen molar-refractivity contribution in [2.75, 3.05) is 18.1 Å². The first-order chi connectivity index (χ1) is 18.4. The van der Waals surface area contributed by atoms with Crippen LogP contribution in [0.2, 0.25) is 5.02 Å². The van der Waals surface area contributed by atoms with Gasteiger partial charge in [0.05, 0.1) is 26.8 Å². The highest BCUT2D eigenvalue weighted by molar-refractivity contribution is 7.99. The Morgan fingerprint density at radius 3 is 2.49 bits per heavy atom. The van der Waals surface area contributed by atoms with Crippen molar-refractivity contribution >= 4 is 39.3 Å². The quantitative estimate of drug-likeness (QED) is 0.346. The number of aliphatic hydroxyl groups is 1. The van der Waals surface area contributed by atoms with Crippen molar-refractivity contribution in [1.29, 1.82) is 0 Å². The smallest absolute Gasteiger partial charge is 0.253 e. The molecule has 1 aromatic carbocycles. The van der Waals surface area contributed by atoms with E-state index in [-0.39, 0.29) is 23.4 Å². The number of rotatable bonds is 9. The summed E-state index contributed by atoms with van der Waals surface area (Å²) in [5.41, 5.74) is 2.54. The fourth-order valence-corrected chi connectivity index (χ4v) is 8.83. The summed E-state index contributed by atoms with van der Waals surface area (Å²) in [6.45, 7) is 8.24. The molecule has 7 nitrogen and oxygen atoms in total. The molecule has 0 unspecified atom stereocenters. The molecule has 2 aliphatic rings. The molecule has 0 atom stereocenters. The average molecular weight is 596 g/mol. The lowest BCUT2D eigenvalue weighted by molar-refractivity contribution is 0.0311. The van der Waals surface area contributed by atoms with E-state index >= 15 is 0 Å². The minimum absolute atomic E-state index is 0.156. The number of thioether (sulfide) groups is 1. The monoisotopic (exact) mass is 595 g/mol. The average Bonchev–Trinajstić information content (AvgIpc) is 3.20. The molecular weight excluding hydrogens is 554 g/mol. The van der Waals surface area contributed by atoms with Gasteiger partial charge in [-0.15, -0.1) is 0 Å². The highest BCUT2D eigenvalue weighted by Crippen LogP contribution is 2.38. The summed E-state index contributed by atoms with van der Waals surface area (Å²) in [7, 11) is -3.72. The van der Waals surface area contributed by atoms with E-state index in [1.165, 1.54) is 19.3 Å². The minimum atomic E-state index is -3.72. The molecule has 2 heterocycles. The molecule has 1 aromatic heterocycles. The van der Waals surface area contributed by atoms with E-state index in [9.17, 15) is 18.3 Å². The zero-order chi connectivity index (χ0) is 28.4. The third-order valence-electron chi connectivity index (χ3n) is 8.07. The van der Waals surface area contributed by atoms with Crippen LogP contribution in [0.5, 0.6) is 0 Å². The Balaban J connectivity index is 1.71. The highest BCUT2D eigenvalue weighted by Gasteiger charge is 2.31. The van der Waals surface area contributed by atoms with Crippen LogP contribution in [0, 0.1) is 19.8 Å². The fraction of sp³-hybridized carbons (Fsp3) is 0.621. The van der Waals surface area contributed by atoms with Crippen molar-refractivity contribution in [1.82, 2.24) is 14.6 Å². The molecule has 0 spiro atoms. The van der Waals surface area contributed by atoms with E-state index in [0.717, 1.165) is 42.3 Å². The Morgan fingerprint density at radius 1 is 1.18 bits per heavy atom. The van der Waals surface area contributed by atoms with Crippen LogP contribution in [0.3, 0.4) is 0 Å². The summed E-state index contributed by atoms with van der Waals surface area (Å²) in [6.07, 6.45) is 7.30. The molecule has 216 valence electrons. The van der Waals surface area contributed by atoms with Crippen LogP contribution in [-0.2, 0) is 16.6 Å². The number of carbonyl (C=O) groups excluding carboxylic acids is 1. The van der Waals surface area contributed by atoms with E-state index in [1.807, 2.05) is 24.8 Å². The first-order valence-electron chi connectivity index (χ1n) is 14.0. The van der Waals surface area contributed by atoms with Crippen LogP contribution in [0.1, 0.15) is 80.4 Å². The molecule has 0 radical (unpaired) electrons. The minimum Gasteiger partial charge on any atom is -0.388 e. The molecule has 3 N–H and O–H groups in total. The van der Waals surface area contributed by atoms with Gasteiger partial charge >= 0.3 is 0 Å². The standard InChI is InChI=1S/C29H42ClN3O4S2/c1-19(2)32-39(36,37)26-11-10-23(27(30)20(26)3)25-16-24(21(4)33(25)17-22-8-6-5-7-9-22)28(34)31-18-29(35)12-14-38-15-13-29/h10-11,16,19,22,32,35H,5-9,12-15,17-18H2,1-4H3,(H,31,34). The molecule has 1 saturated carbocycles. The normalized spacial score (nSPS) is 18.4. The van der Waals surface area contributed by atoms with Crippen LogP contribution in [0.25, 0.3) is 11.3 Å². The lowest BCUT2D eigenvalue weighted by atomic mass is 9.89. The van der Waals surface area contributed by atoms with Crippen molar-refractivity contribution in [2.24, 2.45) is 5.92 Å². The van der Waals surface area contributed by atoms with Crippen molar-refractivity contribution in [3.05, 3.63) is 40.0 Å². The number of aromatic nitrogens is 1. The summed E-state index contributed by atoms with van der Waals surface area (Å²) in [5.74, 6) is 2.08. The molecule has 2 fully saturated rings. The van der Waals surface area contributed by atoms with Crippen LogP contribution in [-0.4, -0.2) is 53.7 Å². The van der Waals surface area contributed by atoms with Gasteiger partial charge in [0, 0.05) is 30.4 Å². The first kappa shape index (κ1) is 30.4. The second-order valence-corrected chi connectivity index (χ2v) is 14.8. The van der Waals surface area contributed by atoms with E-state index in [0.29, 0.717) is 40.5 Å². The molecule has 39 heavy (non-hydrogen) atoms. The summed E-state index contributed by atoms with van der Waals surface area (Å²) in [4.78, 5) is 13.6. The van der Waals surface area contributed by atoms with Gasteiger partial charge in [-0.05, 0) is 88.5 Å². The molecule has 1 aliphatic heterocycles. The van der Waals surface area contributed by atoms with Crippen molar-refractivity contribution < 1.29 is 18.3 Å². The zero-order valence-corrected chi connectivity index (χ0v) is 25.9. The van der Waals surface area contributed by atoms with Gasteiger partial charge in [-0.3, -0.25) is 4.79 Å². The summed E-state index contributed by atoms with van der Waals surface area (Å²) in [6, 6.07) is 4.98. The lowest BCUT2D eigenvalue weighted by Crippen LogP contribution is -2.45. The van der Waals surface area contributed by atoms with E-state index in [4.69, 9.17) is 11.6 Å². The molecule has 4 rings (SSSR count). The lowest BCUT2D eigenvalue weighted by Gasteiger charge is -2.31. The number of amides is 1. The van der Waals surface area contributed by atoms with Gasteiger partial charge < -0.3 is 15.0 Å². The van der Waals surface area contributed by atoms with Gasteiger partial charge in [0.15, 0.2) is 0 Å². The fourth-order valence-electron chi connectivity index (χ4n) is 5.76. The van der Waals surface area contributed by atoms with Crippen molar-refractivity contribution in [3.8, 4) is 11.3 Å². The van der Waals surface area contributed by atoms with Crippen LogP contribution < -0.4 is 10.0 Å². The summed E-state index contributed by atoms with van der Waals surface area (Å²) < 4.78 is 30.7. The predicted octanol–water partition coefficient (Wildman–Crippen LogP) is 5.68. The van der Waals surface area contributed by atoms with Gasteiger partial charge in [-0.25, -0.2) is 13.1 Å². The van der Waals surface area contributed by atoms with Gasteiger partial charge in [0.1, 0.15) is 0 Å². The Morgan fingerprint density at radius 2 is 1.85 bits per heavy atom. The number of hydrogen-bond acceptors (Lipinski definition) is 5. The Labute approximate surface area is 242 Å². The Hall–Kier alpha value is -1.52. The second kappa shape index (κ2) is 12.6. The highest BCUT2D eigenvalue weighted by atomic mass is 35.5. The van der Waals surface area contributed by atoms with Crippen molar-refractivity contribution in [2.45, 2.75) is 95.7 Å². The molecule has 1 amide bonds. The number of benzene rings is 1. The Kier molecular flexibility index (Phi) is 9.80. The van der Waals surface area contributed by atoms with Crippen LogP contribution >= 0.6 is 23.4 Å². The Bertz CT molecular complexity index is 1290.